The maximum absolute atomic E-state index is 11.7. The lowest BCUT2D eigenvalue weighted by Crippen LogP contribution is -2.40. The van der Waals surface area contributed by atoms with Gasteiger partial charge in [0, 0.05) is 18.5 Å². The smallest absolute Gasteiger partial charge is 0.332 e. The molecule has 0 bridgehead atoms. The average Bonchev–Trinajstić information content (AvgIpc) is 2.82. The van der Waals surface area contributed by atoms with Gasteiger partial charge in [0.2, 0.25) is 0 Å². The van der Waals surface area contributed by atoms with Crippen LogP contribution in [0.4, 0.5) is 4.79 Å². The van der Waals surface area contributed by atoms with Crippen molar-refractivity contribution in [2.75, 3.05) is 13.2 Å². The van der Waals surface area contributed by atoms with Crippen molar-refractivity contribution in [1.82, 2.24) is 10.6 Å². The second kappa shape index (κ2) is 6.25. The van der Waals surface area contributed by atoms with Crippen LogP contribution in [-0.4, -0.2) is 41.5 Å². The predicted molar refractivity (Wildman–Crippen MR) is 69.5 cm³/mol. The molecular formula is C13H16N2O5. The molecule has 1 unspecified atom stereocenters. The molecule has 0 fully saturated rings. The molecule has 0 saturated heterocycles. The van der Waals surface area contributed by atoms with Crippen molar-refractivity contribution in [3.8, 4) is 5.75 Å². The minimum absolute atomic E-state index is 0.0412. The van der Waals surface area contributed by atoms with Crippen LogP contribution in [0.25, 0.3) is 0 Å². The number of aliphatic hydroxyl groups is 1. The van der Waals surface area contributed by atoms with Crippen molar-refractivity contribution in [2.24, 2.45) is 0 Å². The van der Waals surface area contributed by atoms with Gasteiger partial charge in [-0.3, -0.25) is 0 Å². The number of aliphatic hydroxyl groups excluding tert-OH is 1. The van der Waals surface area contributed by atoms with Crippen LogP contribution in [0.15, 0.2) is 24.3 Å². The fraction of sp³-hybridized carbons (Fsp3) is 0.385. The Labute approximate surface area is 115 Å². The Kier molecular flexibility index (Phi) is 4.41. The van der Waals surface area contributed by atoms with Gasteiger partial charge in [-0.1, -0.05) is 18.2 Å². The molecular weight excluding hydrogens is 264 g/mol. The van der Waals surface area contributed by atoms with E-state index in [9.17, 15) is 9.59 Å². The van der Waals surface area contributed by atoms with Crippen molar-refractivity contribution in [3.63, 3.8) is 0 Å². The van der Waals surface area contributed by atoms with Gasteiger partial charge in [0.1, 0.15) is 12.4 Å². The highest BCUT2D eigenvalue weighted by molar-refractivity contribution is 5.75. The molecule has 1 aromatic rings. The normalized spacial score (nSPS) is 17.8. The van der Waals surface area contributed by atoms with E-state index in [0.29, 0.717) is 6.61 Å². The minimum atomic E-state index is -1.47. The molecule has 1 aromatic carbocycles. The number of carbonyl (C=O) groups excluding carboxylic acids is 1. The molecule has 20 heavy (non-hydrogen) atoms. The molecule has 7 heteroatoms. The topological polar surface area (TPSA) is 108 Å². The summed E-state index contributed by atoms with van der Waals surface area (Å²) in [6, 6.07) is 6.78. The highest BCUT2D eigenvalue weighted by Gasteiger charge is 2.25. The van der Waals surface area contributed by atoms with Gasteiger partial charge in [0.25, 0.3) is 0 Å². The molecule has 0 aliphatic carbocycles. The van der Waals surface area contributed by atoms with E-state index in [2.05, 4.69) is 10.6 Å². The first-order chi connectivity index (χ1) is 9.58. The summed E-state index contributed by atoms with van der Waals surface area (Å²) in [5.74, 6) is -0.551. The zero-order valence-corrected chi connectivity index (χ0v) is 10.7. The number of carboxylic acid groups (broad SMARTS) is 1. The molecule has 2 amide bonds. The van der Waals surface area contributed by atoms with Crippen molar-refractivity contribution in [3.05, 3.63) is 29.8 Å². The molecule has 108 valence electrons. The molecule has 0 radical (unpaired) electrons. The number of carboxylic acids is 1. The summed E-state index contributed by atoms with van der Waals surface area (Å²) >= 11 is 0. The number of carbonyl (C=O) groups is 2. The third-order valence-electron chi connectivity index (χ3n) is 2.99. The third-order valence-corrected chi connectivity index (χ3v) is 2.99. The second-order valence-corrected chi connectivity index (χ2v) is 4.44. The van der Waals surface area contributed by atoms with Gasteiger partial charge in [-0.25, -0.2) is 9.59 Å². The summed E-state index contributed by atoms with van der Waals surface area (Å²) in [5.41, 5.74) is 0.910. The Hall–Kier alpha value is -2.28. The molecule has 1 heterocycles. The third kappa shape index (κ3) is 3.39. The van der Waals surface area contributed by atoms with Gasteiger partial charge in [-0.2, -0.15) is 0 Å². The largest absolute Gasteiger partial charge is 0.491 e. The average molecular weight is 280 g/mol. The van der Waals surface area contributed by atoms with Crippen LogP contribution in [-0.2, 0) is 4.79 Å². The standard InChI is InChI=1S/C13H16N2O5/c16-10(12(17)18)5-6-14-13(19)15-9-7-20-11-4-2-1-3-8(9)11/h1-4,9-10,16H,5-7H2,(H,17,18)(H2,14,15,19)/t9?,10-/m0/s1. The number of hydrogen-bond acceptors (Lipinski definition) is 4. The molecule has 0 aromatic heterocycles. The first-order valence-corrected chi connectivity index (χ1v) is 6.25. The maximum atomic E-state index is 11.7. The molecule has 2 atom stereocenters. The van der Waals surface area contributed by atoms with E-state index in [0.717, 1.165) is 11.3 Å². The van der Waals surface area contributed by atoms with Crippen LogP contribution in [0.2, 0.25) is 0 Å². The quantitative estimate of drug-likeness (QED) is 0.618. The minimum Gasteiger partial charge on any atom is -0.491 e. The number of urea groups is 1. The van der Waals surface area contributed by atoms with Crippen LogP contribution in [0, 0.1) is 0 Å². The number of nitrogens with one attached hydrogen (secondary N) is 2. The lowest BCUT2D eigenvalue weighted by molar-refractivity contribution is -0.146. The van der Waals surface area contributed by atoms with Crippen LogP contribution in [0.5, 0.6) is 5.75 Å². The number of para-hydroxylation sites is 1. The van der Waals surface area contributed by atoms with Crippen LogP contribution < -0.4 is 15.4 Å². The van der Waals surface area contributed by atoms with Gasteiger partial charge < -0.3 is 25.6 Å². The van der Waals surface area contributed by atoms with E-state index in [4.69, 9.17) is 14.9 Å². The van der Waals surface area contributed by atoms with Crippen LogP contribution in [0.1, 0.15) is 18.0 Å². The van der Waals surface area contributed by atoms with E-state index in [1.807, 2.05) is 24.3 Å². The SMILES string of the molecule is O=C(NCC[C@H](O)C(=O)O)NC1COc2ccccc21. The molecule has 0 spiro atoms. The zero-order valence-electron chi connectivity index (χ0n) is 10.7. The van der Waals surface area contributed by atoms with Gasteiger partial charge in [-0.15, -0.1) is 0 Å². The number of fused-ring (bicyclic) bond motifs is 1. The number of rotatable bonds is 5. The lowest BCUT2D eigenvalue weighted by atomic mass is 10.1. The van der Waals surface area contributed by atoms with E-state index in [1.165, 1.54) is 0 Å². The monoisotopic (exact) mass is 280 g/mol. The van der Waals surface area contributed by atoms with E-state index in [-0.39, 0.29) is 19.0 Å². The van der Waals surface area contributed by atoms with Gasteiger partial charge >= 0.3 is 12.0 Å². The van der Waals surface area contributed by atoms with Gasteiger partial charge in [0.05, 0.1) is 6.04 Å². The van der Waals surface area contributed by atoms with Crippen molar-refractivity contribution >= 4 is 12.0 Å². The summed E-state index contributed by atoms with van der Waals surface area (Å²) in [6.45, 7) is 0.443. The summed E-state index contributed by atoms with van der Waals surface area (Å²) in [5, 5.41) is 22.8. The predicted octanol–water partition coefficient (Wildman–Crippen LogP) is 0.255. The fourth-order valence-electron chi connectivity index (χ4n) is 1.94. The Morgan fingerprint density at radius 1 is 1.40 bits per heavy atom. The lowest BCUT2D eigenvalue weighted by Gasteiger charge is -2.13. The van der Waals surface area contributed by atoms with E-state index >= 15 is 0 Å². The molecule has 7 nitrogen and oxygen atoms in total. The number of ether oxygens (including phenoxy) is 1. The second-order valence-electron chi connectivity index (χ2n) is 4.44. The maximum Gasteiger partial charge on any atom is 0.332 e. The first kappa shape index (κ1) is 14.1. The summed E-state index contributed by atoms with van der Waals surface area (Å²) in [7, 11) is 0. The Balaban J connectivity index is 1.77. The van der Waals surface area contributed by atoms with Crippen molar-refractivity contribution < 1.29 is 24.5 Å². The highest BCUT2D eigenvalue weighted by atomic mass is 16.5. The van der Waals surface area contributed by atoms with Crippen LogP contribution in [0.3, 0.4) is 0 Å². The summed E-state index contributed by atoms with van der Waals surface area (Å²) < 4.78 is 5.43. The zero-order chi connectivity index (χ0) is 14.5. The van der Waals surface area contributed by atoms with Crippen molar-refractivity contribution in [1.29, 1.82) is 0 Å². The number of hydrogen-bond donors (Lipinski definition) is 4. The molecule has 4 N–H and O–H groups in total. The number of amides is 2. The fourth-order valence-corrected chi connectivity index (χ4v) is 1.94. The Morgan fingerprint density at radius 2 is 2.15 bits per heavy atom. The molecule has 1 aliphatic heterocycles. The van der Waals surface area contributed by atoms with Gasteiger partial charge in [-0.05, 0) is 6.07 Å². The number of aliphatic carboxylic acids is 1. The summed E-state index contributed by atoms with van der Waals surface area (Å²) in [4.78, 5) is 22.0. The number of benzene rings is 1. The van der Waals surface area contributed by atoms with E-state index in [1.54, 1.807) is 0 Å². The molecule has 2 rings (SSSR count). The Morgan fingerprint density at radius 3 is 2.90 bits per heavy atom. The molecule has 0 saturated carbocycles. The van der Waals surface area contributed by atoms with E-state index < -0.39 is 18.1 Å². The van der Waals surface area contributed by atoms with Crippen molar-refractivity contribution in [2.45, 2.75) is 18.6 Å². The summed E-state index contributed by atoms with van der Waals surface area (Å²) in [6.07, 6.45) is -1.51. The highest BCUT2D eigenvalue weighted by Crippen LogP contribution is 2.31. The Bertz CT molecular complexity index is 505. The van der Waals surface area contributed by atoms with Crippen LogP contribution >= 0.6 is 0 Å². The first-order valence-electron chi connectivity index (χ1n) is 6.25. The molecule has 1 aliphatic rings. The van der Waals surface area contributed by atoms with Gasteiger partial charge in [0.15, 0.2) is 6.10 Å².